The number of amides is 1. The first kappa shape index (κ1) is 20.3. The second-order valence-corrected chi connectivity index (χ2v) is 8.11. The van der Waals surface area contributed by atoms with Gasteiger partial charge in [-0.3, -0.25) is 4.79 Å². The number of aromatic nitrogens is 3. The Morgan fingerprint density at radius 2 is 2.07 bits per heavy atom. The van der Waals surface area contributed by atoms with Gasteiger partial charge in [0, 0.05) is 44.3 Å². The summed E-state index contributed by atoms with van der Waals surface area (Å²) < 4.78 is 5.60. The summed E-state index contributed by atoms with van der Waals surface area (Å²) in [5, 5.41) is 0.641. The van der Waals surface area contributed by atoms with Gasteiger partial charge in [0.2, 0.25) is 11.7 Å². The van der Waals surface area contributed by atoms with Gasteiger partial charge in [-0.15, -0.1) is 0 Å². The van der Waals surface area contributed by atoms with Crippen LogP contribution in [0, 0.1) is 13.8 Å². The van der Waals surface area contributed by atoms with Crippen LogP contribution < -0.4 is 4.90 Å². The third kappa shape index (κ3) is 3.77. The highest BCUT2D eigenvalue weighted by Crippen LogP contribution is 2.38. The van der Waals surface area contributed by atoms with E-state index in [9.17, 15) is 4.79 Å². The summed E-state index contributed by atoms with van der Waals surface area (Å²) in [5.41, 5.74) is 3.22. The molecule has 0 spiro atoms. The van der Waals surface area contributed by atoms with Crippen LogP contribution in [0.4, 0.5) is 5.95 Å². The lowest BCUT2D eigenvalue weighted by atomic mass is 9.99. The average molecular weight is 426 g/mol. The zero-order chi connectivity index (χ0) is 21.4. The van der Waals surface area contributed by atoms with Crippen LogP contribution in [0.1, 0.15) is 46.7 Å². The van der Waals surface area contributed by atoms with Crippen molar-refractivity contribution in [3.63, 3.8) is 0 Å². The summed E-state index contributed by atoms with van der Waals surface area (Å²) in [5.74, 6) is 1.23. The van der Waals surface area contributed by atoms with Crippen LogP contribution in [-0.4, -0.2) is 46.4 Å². The SMILES string of the molecule is Cc1nc(C)c(C(=O)N2CCC[C@H]2c2nc(N(C)C)ncc2-c2cccc(Cl)c2)o1. The monoisotopic (exact) mass is 425 g/mol. The molecule has 30 heavy (non-hydrogen) atoms. The third-order valence-electron chi connectivity index (χ3n) is 5.27. The van der Waals surface area contributed by atoms with E-state index in [4.69, 9.17) is 21.0 Å². The maximum Gasteiger partial charge on any atom is 0.292 e. The summed E-state index contributed by atoms with van der Waals surface area (Å²) in [6.07, 6.45) is 3.52. The molecule has 3 aromatic rings. The molecule has 1 aliphatic heterocycles. The smallest absolute Gasteiger partial charge is 0.292 e. The number of anilines is 1. The predicted octanol–water partition coefficient (Wildman–Crippen LogP) is 4.45. The van der Waals surface area contributed by atoms with Crippen LogP contribution in [0.3, 0.4) is 0 Å². The fourth-order valence-electron chi connectivity index (χ4n) is 3.89. The summed E-state index contributed by atoms with van der Waals surface area (Å²) in [6.45, 7) is 4.18. The highest BCUT2D eigenvalue weighted by Gasteiger charge is 2.36. The van der Waals surface area contributed by atoms with E-state index in [0.717, 1.165) is 29.7 Å². The molecule has 1 amide bonds. The zero-order valence-corrected chi connectivity index (χ0v) is 18.3. The zero-order valence-electron chi connectivity index (χ0n) is 17.5. The molecule has 1 aromatic carbocycles. The van der Waals surface area contributed by atoms with Crippen LogP contribution in [0.2, 0.25) is 5.02 Å². The van der Waals surface area contributed by atoms with E-state index in [2.05, 4.69) is 9.97 Å². The quantitative estimate of drug-likeness (QED) is 0.614. The lowest BCUT2D eigenvalue weighted by molar-refractivity contribution is 0.0698. The van der Waals surface area contributed by atoms with Gasteiger partial charge in [-0.2, -0.15) is 0 Å². The Bertz CT molecular complexity index is 1090. The van der Waals surface area contributed by atoms with E-state index in [1.165, 1.54) is 0 Å². The first-order chi connectivity index (χ1) is 14.3. The molecule has 1 fully saturated rings. The van der Waals surface area contributed by atoms with Gasteiger partial charge in [0.1, 0.15) is 0 Å². The molecule has 0 aliphatic carbocycles. The van der Waals surface area contributed by atoms with Crippen molar-refractivity contribution in [3.8, 4) is 11.1 Å². The van der Waals surface area contributed by atoms with Crippen LogP contribution in [-0.2, 0) is 0 Å². The van der Waals surface area contributed by atoms with E-state index in [1.807, 2.05) is 54.4 Å². The first-order valence-electron chi connectivity index (χ1n) is 9.90. The fourth-order valence-corrected chi connectivity index (χ4v) is 4.08. The molecule has 8 heteroatoms. The summed E-state index contributed by atoms with van der Waals surface area (Å²) in [7, 11) is 3.80. The van der Waals surface area contributed by atoms with Gasteiger partial charge in [0.25, 0.3) is 5.91 Å². The van der Waals surface area contributed by atoms with Gasteiger partial charge in [-0.25, -0.2) is 15.0 Å². The van der Waals surface area contributed by atoms with Gasteiger partial charge in [-0.05, 0) is 37.5 Å². The van der Waals surface area contributed by atoms with E-state index in [1.54, 1.807) is 13.8 Å². The van der Waals surface area contributed by atoms with E-state index in [0.29, 0.717) is 34.9 Å². The number of carbonyl (C=O) groups excluding carboxylic acids is 1. The van der Waals surface area contributed by atoms with Crippen LogP contribution in [0.5, 0.6) is 0 Å². The molecule has 2 aromatic heterocycles. The number of rotatable bonds is 4. The number of carbonyl (C=O) groups is 1. The Hall–Kier alpha value is -2.93. The summed E-state index contributed by atoms with van der Waals surface area (Å²) in [4.78, 5) is 30.6. The number of halogens is 1. The highest BCUT2D eigenvalue weighted by molar-refractivity contribution is 6.30. The van der Waals surface area contributed by atoms with Crippen LogP contribution in [0.25, 0.3) is 11.1 Å². The average Bonchev–Trinajstić information content (AvgIpc) is 3.33. The molecule has 1 aliphatic rings. The minimum atomic E-state index is -0.182. The Labute approximate surface area is 180 Å². The van der Waals surface area contributed by atoms with Gasteiger partial charge in [0.15, 0.2) is 5.89 Å². The van der Waals surface area contributed by atoms with Crippen molar-refractivity contribution in [3.05, 3.63) is 58.5 Å². The van der Waals surface area contributed by atoms with Crippen molar-refractivity contribution in [2.45, 2.75) is 32.7 Å². The maximum atomic E-state index is 13.3. The van der Waals surface area contributed by atoms with Crippen LogP contribution in [0.15, 0.2) is 34.9 Å². The molecule has 0 N–H and O–H groups in total. The number of hydrogen-bond donors (Lipinski definition) is 0. The molecule has 156 valence electrons. The second-order valence-electron chi connectivity index (χ2n) is 7.68. The van der Waals surface area contributed by atoms with E-state index < -0.39 is 0 Å². The number of benzene rings is 1. The molecule has 0 bridgehead atoms. The summed E-state index contributed by atoms with van der Waals surface area (Å²) in [6, 6.07) is 7.43. The second kappa shape index (κ2) is 8.07. The Balaban J connectivity index is 1.80. The number of hydrogen-bond acceptors (Lipinski definition) is 6. The summed E-state index contributed by atoms with van der Waals surface area (Å²) >= 11 is 6.23. The predicted molar refractivity (Wildman–Crippen MR) is 116 cm³/mol. The Kier molecular flexibility index (Phi) is 5.47. The van der Waals surface area contributed by atoms with Gasteiger partial charge >= 0.3 is 0 Å². The molecular formula is C22H24ClN5O2. The first-order valence-corrected chi connectivity index (χ1v) is 10.3. The topological polar surface area (TPSA) is 75.4 Å². The molecule has 1 saturated heterocycles. The molecule has 3 heterocycles. The largest absolute Gasteiger partial charge is 0.436 e. The molecular weight excluding hydrogens is 402 g/mol. The minimum Gasteiger partial charge on any atom is -0.436 e. The Morgan fingerprint density at radius 1 is 1.27 bits per heavy atom. The van der Waals surface area contributed by atoms with Crippen molar-refractivity contribution in [2.75, 3.05) is 25.5 Å². The molecule has 7 nitrogen and oxygen atoms in total. The van der Waals surface area contributed by atoms with Crippen LogP contribution >= 0.6 is 11.6 Å². The number of nitrogens with zero attached hydrogens (tertiary/aromatic N) is 5. The molecule has 4 rings (SSSR count). The molecule has 1 atom stereocenters. The van der Waals surface area contributed by atoms with E-state index in [-0.39, 0.29) is 11.9 Å². The van der Waals surface area contributed by atoms with Gasteiger partial charge in [-0.1, -0.05) is 23.7 Å². The molecule has 0 radical (unpaired) electrons. The Morgan fingerprint density at radius 3 is 2.73 bits per heavy atom. The number of likely N-dealkylation sites (tertiary alicyclic amines) is 1. The standard InChI is InChI=1S/C22H24ClN5O2/c1-13-20(30-14(2)25-13)21(29)28-10-6-9-18(28)19-17(12-24-22(26-19)27(3)4)15-7-5-8-16(23)11-15/h5,7-8,11-12,18H,6,9-10H2,1-4H3/t18-/m0/s1. The normalized spacial score (nSPS) is 16.2. The van der Waals surface area contributed by atoms with Crippen molar-refractivity contribution < 1.29 is 9.21 Å². The number of aryl methyl sites for hydroxylation is 2. The molecule has 0 unspecified atom stereocenters. The number of oxazole rings is 1. The lowest BCUT2D eigenvalue weighted by Crippen LogP contribution is -2.32. The van der Waals surface area contributed by atoms with Crippen molar-refractivity contribution in [2.24, 2.45) is 0 Å². The highest BCUT2D eigenvalue weighted by atomic mass is 35.5. The maximum absolute atomic E-state index is 13.3. The third-order valence-corrected chi connectivity index (χ3v) is 5.50. The fraction of sp³-hybridized carbons (Fsp3) is 0.364. The molecule has 0 saturated carbocycles. The van der Waals surface area contributed by atoms with E-state index >= 15 is 0 Å². The van der Waals surface area contributed by atoms with Gasteiger partial charge in [0.05, 0.1) is 17.4 Å². The van der Waals surface area contributed by atoms with Crippen molar-refractivity contribution >= 4 is 23.5 Å². The van der Waals surface area contributed by atoms with Crippen molar-refractivity contribution in [1.82, 2.24) is 19.9 Å². The lowest BCUT2D eigenvalue weighted by Gasteiger charge is -2.26. The minimum absolute atomic E-state index is 0.155. The van der Waals surface area contributed by atoms with Gasteiger partial charge < -0.3 is 14.2 Å². The van der Waals surface area contributed by atoms with Crippen molar-refractivity contribution in [1.29, 1.82) is 0 Å².